The second kappa shape index (κ2) is 11.2. The molecule has 32 heavy (non-hydrogen) atoms. The van der Waals surface area contributed by atoms with E-state index >= 15 is 0 Å². The Bertz CT molecular complexity index is 1090. The Hall–Kier alpha value is -2.80. The van der Waals surface area contributed by atoms with E-state index in [9.17, 15) is 9.59 Å². The Kier molecular flexibility index (Phi) is 8.33. The molecule has 0 atom stereocenters. The molecule has 0 aliphatic carbocycles. The van der Waals surface area contributed by atoms with Crippen LogP contribution in [0.15, 0.2) is 51.6 Å². The van der Waals surface area contributed by atoms with E-state index in [0.29, 0.717) is 37.8 Å². The van der Waals surface area contributed by atoms with E-state index in [0.717, 1.165) is 32.1 Å². The van der Waals surface area contributed by atoms with E-state index in [2.05, 4.69) is 21.2 Å². The lowest BCUT2D eigenvalue weighted by atomic mass is 10.1. The first-order chi connectivity index (χ1) is 15.4. The number of hydrogen-bond donors (Lipinski definition) is 1. The van der Waals surface area contributed by atoms with Crippen molar-refractivity contribution in [3.63, 3.8) is 0 Å². The van der Waals surface area contributed by atoms with Crippen LogP contribution in [0.3, 0.4) is 0 Å². The second-order valence-corrected chi connectivity index (χ2v) is 8.86. The van der Waals surface area contributed by atoms with Gasteiger partial charge in [-0.05, 0) is 64.2 Å². The Morgan fingerprint density at radius 3 is 2.69 bits per heavy atom. The number of fused-ring (bicyclic) bond motifs is 1. The van der Waals surface area contributed by atoms with E-state index in [-0.39, 0.29) is 18.3 Å². The van der Waals surface area contributed by atoms with Crippen molar-refractivity contribution in [2.45, 2.75) is 46.8 Å². The van der Waals surface area contributed by atoms with Gasteiger partial charge in [-0.1, -0.05) is 26.0 Å². The zero-order chi connectivity index (χ0) is 23.1. The molecule has 2 aromatic carbocycles. The maximum absolute atomic E-state index is 12.1. The average Bonchev–Trinajstić information content (AvgIpc) is 3.21. The largest absolute Gasteiger partial charge is 0.489 e. The minimum Gasteiger partial charge on any atom is -0.489 e. The summed E-state index contributed by atoms with van der Waals surface area (Å²) in [4.78, 5) is 24.1. The van der Waals surface area contributed by atoms with Gasteiger partial charge >= 0.3 is 5.97 Å². The van der Waals surface area contributed by atoms with E-state index in [4.69, 9.17) is 13.9 Å². The topological polar surface area (TPSA) is 77.8 Å². The third-order valence-electron chi connectivity index (χ3n) is 4.81. The summed E-state index contributed by atoms with van der Waals surface area (Å²) in [5.74, 6) is 0.596. The van der Waals surface area contributed by atoms with Gasteiger partial charge in [-0.15, -0.1) is 0 Å². The summed E-state index contributed by atoms with van der Waals surface area (Å²) in [6.45, 7) is 6.84. The summed E-state index contributed by atoms with van der Waals surface area (Å²) in [5.41, 5.74) is 3.39. The molecule has 0 fully saturated rings. The normalized spacial score (nSPS) is 11.0. The van der Waals surface area contributed by atoms with Gasteiger partial charge in [0.15, 0.2) is 0 Å². The molecular formula is C25H28BrNO5. The number of hydrogen-bond acceptors (Lipinski definition) is 5. The number of carbonyl (C=O) groups excluding carboxylic acids is 2. The molecule has 1 aromatic heterocycles. The van der Waals surface area contributed by atoms with Gasteiger partial charge in [-0.2, -0.15) is 0 Å². The molecule has 3 aromatic rings. The van der Waals surface area contributed by atoms with Gasteiger partial charge in [-0.3, -0.25) is 9.59 Å². The molecule has 0 saturated heterocycles. The molecule has 6 nitrogen and oxygen atoms in total. The minimum absolute atomic E-state index is 0.0105. The van der Waals surface area contributed by atoms with Gasteiger partial charge in [0.2, 0.25) is 5.91 Å². The van der Waals surface area contributed by atoms with Crippen LogP contribution in [0, 0.1) is 5.92 Å². The summed E-state index contributed by atoms with van der Waals surface area (Å²) in [6, 6.07) is 11.5. The number of furan rings is 1. The zero-order valence-electron chi connectivity index (χ0n) is 18.6. The molecule has 1 N–H and O–H groups in total. The van der Waals surface area contributed by atoms with E-state index in [1.165, 1.54) is 0 Å². The lowest BCUT2D eigenvalue weighted by Gasteiger charge is -2.14. The van der Waals surface area contributed by atoms with Crippen molar-refractivity contribution in [1.29, 1.82) is 0 Å². The van der Waals surface area contributed by atoms with Crippen molar-refractivity contribution in [1.82, 2.24) is 5.32 Å². The lowest BCUT2D eigenvalue weighted by Crippen LogP contribution is -2.24. The Balaban J connectivity index is 1.77. The van der Waals surface area contributed by atoms with E-state index < -0.39 is 0 Å². The summed E-state index contributed by atoms with van der Waals surface area (Å²) < 4.78 is 17.5. The first kappa shape index (κ1) is 23.9. The van der Waals surface area contributed by atoms with Crippen LogP contribution < -0.4 is 10.1 Å². The van der Waals surface area contributed by atoms with Gasteiger partial charge in [0.25, 0.3) is 0 Å². The van der Waals surface area contributed by atoms with Crippen LogP contribution in [0.1, 0.15) is 43.9 Å². The number of benzene rings is 2. The molecule has 0 bridgehead atoms. The van der Waals surface area contributed by atoms with Gasteiger partial charge in [0.05, 0.1) is 23.8 Å². The minimum atomic E-state index is -0.308. The molecule has 1 amide bonds. The molecule has 3 rings (SSSR count). The molecule has 1 heterocycles. The third kappa shape index (κ3) is 6.60. The van der Waals surface area contributed by atoms with Gasteiger partial charge in [0, 0.05) is 23.9 Å². The standard InChI is InChI=1S/C25H28BrNO5/c1-4-30-24(29)13-19-6-5-17(14-27-23(28)9-16(2)3)12-22(19)32-15-18-10-20-7-8-31-25(20)21(26)11-18/h5-8,10-12,16H,4,9,13-15H2,1-3H3,(H,27,28). The van der Waals surface area contributed by atoms with Crippen LogP contribution in [0.5, 0.6) is 5.75 Å². The van der Waals surface area contributed by atoms with E-state index in [1.54, 1.807) is 13.2 Å². The fourth-order valence-corrected chi connectivity index (χ4v) is 3.96. The number of carbonyl (C=O) groups is 2. The molecular weight excluding hydrogens is 474 g/mol. The van der Waals surface area contributed by atoms with Crippen molar-refractivity contribution in [2.24, 2.45) is 5.92 Å². The van der Waals surface area contributed by atoms with Crippen molar-refractivity contribution >= 4 is 38.8 Å². The van der Waals surface area contributed by atoms with Crippen LogP contribution in [-0.4, -0.2) is 18.5 Å². The Labute approximate surface area is 196 Å². The highest BCUT2D eigenvalue weighted by atomic mass is 79.9. The number of esters is 1. The summed E-state index contributed by atoms with van der Waals surface area (Å²) in [5, 5.41) is 3.91. The molecule has 7 heteroatoms. The lowest BCUT2D eigenvalue weighted by molar-refractivity contribution is -0.142. The molecule has 0 aliphatic heterocycles. The maximum Gasteiger partial charge on any atom is 0.310 e. The highest BCUT2D eigenvalue weighted by Gasteiger charge is 2.13. The Morgan fingerprint density at radius 1 is 1.12 bits per heavy atom. The van der Waals surface area contributed by atoms with Crippen molar-refractivity contribution in [2.75, 3.05) is 6.61 Å². The van der Waals surface area contributed by atoms with Crippen molar-refractivity contribution in [3.05, 3.63) is 63.8 Å². The predicted octanol–water partition coefficient (Wildman–Crippen LogP) is 5.54. The summed E-state index contributed by atoms with van der Waals surface area (Å²) >= 11 is 3.53. The smallest absolute Gasteiger partial charge is 0.310 e. The monoisotopic (exact) mass is 501 g/mol. The highest BCUT2D eigenvalue weighted by molar-refractivity contribution is 9.10. The van der Waals surface area contributed by atoms with Crippen LogP contribution in [-0.2, 0) is 33.9 Å². The number of ether oxygens (including phenoxy) is 2. The molecule has 0 aliphatic rings. The zero-order valence-corrected chi connectivity index (χ0v) is 20.2. The van der Waals surface area contributed by atoms with Crippen LogP contribution in [0.2, 0.25) is 0 Å². The number of halogens is 1. The molecule has 0 saturated carbocycles. The van der Waals surface area contributed by atoms with E-state index in [1.807, 2.05) is 50.2 Å². The average molecular weight is 502 g/mol. The highest BCUT2D eigenvalue weighted by Crippen LogP contribution is 2.28. The van der Waals surface area contributed by atoms with Crippen LogP contribution in [0.4, 0.5) is 0 Å². The predicted molar refractivity (Wildman–Crippen MR) is 126 cm³/mol. The van der Waals surface area contributed by atoms with Crippen molar-refractivity contribution < 1.29 is 23.5 Å². The summed E-state index contributed by atoms with van der Waals surface area (Å²) in [7, 11) is 0. The van der Waals surface area contributed by atoms with Gasteiger partial charge in [0.1, 0.15) is 17.9 Å². The second-order valence-electron chi connectivity index (χ2n) is 8.00. The number of amides is 1. The van der Waals surface area contributed by atoms with Crippen LogP contribution >= 0.6 is 15.9 Å². The molecule has 0 spiro atoms. The molecule has 0 unspecified atom stereocenters. The number of rotatable bonds is 10. The number of nitrogens with one attached hydrogen (secondary N) is 1. The van der Waals surface area contributed by atoms with Gasteiger partial charge < -0.3 is 19.2 Å². The maximum atomic E-state index is 12.1. The SMILES string of the molecule is CCOC(=O)Cc1ccc(CNC(=O)CC(C)C)cc1OCc1cc(Br)c2occc2c1. The Morgan fingerprint density at radius 2 is 1.94 bits per heavy atom. The third-order valence-corrected chi connectivity index (χ3v) is 5.40. The van der Waals surface area contributed by atoms with Crippen LogP contribution in [0.25, 0.3) is 11.0 Å². The first-order valence-corrected chi connectivity index (χ1v) is 11.5. The molecule has 0 radical (unpaired) electrons. The quantitative estimate of drug-likeness (QED) is 0.369. The fourth-order valence-electron chi connectivity index (χ4n) is 3.34. The fraction of sp³-hybridized carbons (Fsp3) is 0.360. The molecule has 170 valence electrons. The van der Waals surface area contributed by atoms with Crippen molar-refractivity contribution in [3.8, 4) is 5.75 Å². The summed E-state index contributed by atoms with van der Waals surface area (Å²) in [6.07, 6.45) is 2.25. The first-order valence-electron chi connectivity index (χ1n) is 10.7. The van der Waals surface area contributed by atoms with Gasteiger partial charge in [-0.25, -0.2) is 0 Å².